The highest BCUT2D eigenvalue weighted by molar-refractivity contribution is 7.13. The average Bonchev–Trinajstić information content (AvgIpc) is 3.27. The van der Waals surface area contributed by atoms with Crippen molar-refractivity contribution in [3.8, 4) is 0 Å². The molecule has 5 nitrogen and oxygen atoms in total. The van der Waals surface area contributed by atoms with Crippen LogP contribution in [0.3, 0.4) is 0 Å². The van der Waals surface area contributed by atoms with Gasteiger partial charge in [-0.3, -0.25) is 9.59 Å². The van der Waals surface area contributed by atoms with E-state index in [-0.39, 0.29) is 11.8 Å². The third kappa shape index (κ3) is 3.60. The first-order valence-corrected chi connectivity index (χ1v) is 9.13. The molecule has 1 saturated heterocycles. The normalized spacial score (nSPS) is 14.0. The van der Waals surface area contributed by atoms with Crippen molar-refractivity contribution in [2.75, 3.05) is 18.4 Å². The van der Waals surface area contributed by atoms with E-state index in [1.54, 1.807) is 29.3 Å². The number of nitrogens with zero attached hydrogens (tertiary/aromatic N) is 2. The lowest BCUT2D eigenvalue weighted by Gasteiger charge is -2.18. The molecule has 7 heteroatoms. The Morgan fingerprint density at radius 1 is 1.33 bits per heavy atom. The van der Waals surface area contributed by atoms with Gasteiger partial charge in [-0.15, -0.1) is 11.3 Å². The number of benzene rings is 1. The Morgan fingerprint density at radius 3 is 2.75 bits per heavy atom. The second-order valence-electron chi connectivity index (χ2n) is 5.62. The first-order valence-electron chi connectivity index (χ1n) is 7.93. The molecule has 24 heavy (non-hydrogen) atoms. The highest BCUT2D eigenvalue weighted by atomic mass is 35.5. The summed E-state index contributed by atoms with van der Waals surface area (Å²) < 4.78 is 0. The van der Waals surface area contributed by atoms with Gasteiger partial charge < -0.3 is 10.2 Å². The molecule has 0 bridgehead atoms. The summed E-state index contributed by atoms with van der Waals surface area (Å²) >= 11 is 7.41. The maximum Gasteiger partial charge on any atom is 0.267 e. The van der Waals surface area contributed by atoms with Crippen LogP contribution in [0, 0.1) is 0 Å². The molecule has 3 rings (SSSR count). The lowest BCUT2D eigenvalue weighted by Crippen LogP contribution is -2.28. The molecule has 0 saturated carbocycles. The topological polar surface area (TPSA) is 62.3 Å². The van der Waals surface area contributed by atoms with E-state index in [9.17, 15) is 9.59 Å². The second-order valence-corrected chi connectivity index (χ2v) is 7.17. The van der Waals surface area contributed by atoms with Crippen LogP contribution in [0.5, 0.6) is 0 Å². The summed E-state index contributed by atoms with van der Waals surface area (Å²) in [5.74, 6) is -0.353. The van der Waals surface area contributed by atoms with Crippen molar-refractivity contribution < 1.29 is 9.59 Å². The Labute approximate surface area is 149 Å². The number of halogens is 1. The lowest BCUT2D eigenvalue weighted by molar-refractivity contribution is 0.0794. The summed E-state index contributed by atoms with van der Waals surface area (Å²) in [6.07, 6.45) is 4.37. The van der Waals surface area contributed by atoms with Gasteiger partial charge in [0, 0.05) is 18.1 Å². The first kappa shape index (κ1) is 16.9. The number of carbonyl (C=O) groups is 2. The summed E-state index contributed by atoms with van der Waals surface area (Å²) in [6, 6.07) is 4.95. The van der Waals surface area contributed by atoms with E-state index >= 15 is 0 Å². The molecule has 1 aromatic carbocycles. The van der Waals surface area contributed by atoms with Gasteiger partial charge in [0.2, 0.25) is 0 Å². The standard InChI is InChI=1S/C17H18ClN3O2S/c1-2-15-19-10-14(24-15)16(22)20-13-6-5-11(18)9-12(13)17(23)21-7-3-4-8-21/h5-6,9-10H,2-4,7-8H2,1H3,(H,20,22). The van der Waals surface area contributed by atoms with Crippen LogP contribution >= 0.6 is 22.9 Å². The molecule has 2 heterocycles. The van der Waals surface area contributed by atoms with Gasteiger partial charge >= 0.3 is 0 Å². The van der Waals surface area contributed by atoms with E-state index in [4.69, 9.17) is 11.6 Å². The van der Waals surface area contributed by atoms with Crippen molar-refractivity contribution in [1.29, 1.82) is 0 Å². The number of aryl methyl sites for hydroxylation is 1. The van der Waals surface area contributed by atoms with Gasteiger partial charge in [-0.1, -0.05) is 18.5 Å². The maximum absolute atomic E-state index is 12.7. The number of likely N-dealkylation sites (tertiary alicyclic amines) is 1. The number of amides is 2. The van der Waals surface area contributed by atoms with Gasteiger partial charge in [0.1, 0.15) is 4.88 Å². The van der Waals surface area contributed by atoms with E-state index in [2.05, 4.69) is 10.3 Å². The fraction of sp³-hybridized carbons (Fsp3) is 0.353. The van der Waals surface area contributed by atoms with Crippen LogP contribution in [-0.2, 0) is 6.42 Å². The minimum absolute atomic E-state index is 0.0937. The Kier molecular flexibility index (Phi) is 5.16. The number of aromatic nitrogens is 1. The zero-order chi connectivity index (χ0) is 17.1. The molecule has 1 N–H and O–H groups in total. The SMILES string of the molecule is CCc1ncc(C(=O)Nc2ccc(Cl)cc2C(=O)N2CCCC2)s1. The Hall–Kier alpha value is -1.92. The molecule has 2 aromatic rings. The smallest absolute Gasteiger partial charge is 0.267 e. The van der Waals surface area contributed by atoms with Gasteiger partial charge in [-0.05, 0) is 37.5 Å². The van der Waals surface area contributed by atoms with Crippen molar-refractivity contribution in [3.63, 3.8) is 0 Å². The number of nitrogens with one attached hydrogen (secondary N) is 1. The molecule has 126 valence electrons. The molecule has 1 aliphatic heterocycles. The zero-order valence-corrected chi connectivity index (χ0v) is 14.9. The third-order valence-corrected chi connectivity index (χ3v) is 5.31. The van der Waals surface area contributed by atoms with Crippen molar-refractivity contribution >= 4 is 40.4 Å². The number of thiazole rings is 1. The first-order chi connectivity index (χ1) is 11.6. The Bertz CT molecular complexity index is 769. The molecular formula is C17H18ClN3O2S. The van der Waals surface area contributed by atoms with Gasteiger partial charge in [-0.25, -0.2) is 4.98 Å². The number of anilines is 1. The second kappa shape index (κ2) is 7.32. The monoisotopic (exact) mass is 363 g/mol. The van der Waals surface area contributed by atoms with Crippen molar-refractivity contribution in [2.24, 2.45) is 0 Å². The predicted octanol–water partition coefficient (Wildman–Crippen LogP) is 3.85. The number of hydrogen-bond acceptors (Lipinski definition) is 4. The largest absolute Gasteiger partial charge is 0.339 e. The molecular weight excluding hydrogens is 346 g/mol. The number of rotatable bonds is 4. The van der Waals surface area contributed by atoms with Crippen LogP contribution < -0.4 is 5.32 Å². The van der Waals surface area contributed by atoms with Gasteiger partial charge in [0.05, 0.1) is 22.5 Å². The maximum atomic E-state index is 12.7. The fourth-order valence-electron chi connectivity index (χ4n) is 2.66. The summed E-state index contributed by atoms with van der Waals surface area (Å²) in [7, 11) is 0. The van der Waals surface area contributed by atoms with Crippen LogP contribution in [-0.4, -0.2) is 34.8 Å². The molecule has 0 unspecified atom stereocenters. The molecule has 1 fully saturated rings. The molecule has 1 aromatic heterocycles. The van der Waals surface area contributed by atoms with Gasteiger partial charge in [-0.2, -0.15) is 0 Å². The van der Waals surface area contributed by atoms with Gasteiger partial charge in [0.15, 0.2) is 0 Å². The average molecular weight is 364 g/mol. The predicted molar refractivity (Wildman–Crippen MR) is 96.0 cm³/mol. The molecule has 0 atom stereocenters. The van der Waals surface area contributed by atoms with Crippen LogP contribution in [0.15, 0.2) is 24.4 Å². The highest BCUT2D eigenvalue weighted by Crippen LogP contribution is 2.25. The third-order valence-electron chi connectivity index (χ3n) is 3.93. The molecule has 0 spiro atoms. The minimum atomic E-state index is -0.259. The van der Waals surface area contributed by atoms with Crippen LogP contribution in [0.25, 0.3) is 0 Å². The molecule has 1 aliphatic rings. The summed E-state index contributed by atoms with van der Waals surface area (Å²) in [5.41, 5.74) is 0.908. The molecule has 2 amide bonds. The minimum Gasteiger partial charge on any atom is -0.339 e. The van der Waals surface area contributed by atoms with E-state index in [0.717, 1.165) is 37.4 Å². The number of carbonyl (C=O) groups excluding carboxylic acids is 2. The van der Waals surface area contributed by atoms with E-state index in [1.807, 2.05) is 6.92 Å². The van der Waals surface area contributed by atoms with Crippen LogP contribution in [0.1, 0.15) is 44.8 Å². The Morgan fingerprint density at radius 2 is 2.08 bits per heavy atom. The molecule has 0 radical (unpaired) electrons. The summed E-state index contributed by atoms with van der Waals surface area (Å²) in [6.45, 7) is 3.48. The lowest BCUT2D eigenvalue weighted by atomic mass is 10.1. The van der Waals surface area contributed by atoms with Gasteiger partial charge in [0.25, 0.3) is 11.8 Å². The number of hydrogen-bond donors (Lipinski definition) is 1. The van der Waals surface area contributed by atoms with Crippen molar-refractivity contribution in [3.05, 3.63) is 44.9 Å². The van der Waals surface area contributed by atoms with Crippen LogP contribution in [0.4, 0.5) is 5.69 Å². The van der Waals surface area contributed by atoms with Crippen molar-refractivity contribution in [1.82, 2.24) is 9.88 Å². The summed E-state index contributed by atoms with van der Waals surface area (Å²) in [4.78, 5) is 31.6. The van der Waals surface area contributed by atoms with E-state index in [1.165, 1.54) is 11.3 Å². The highest BCUT2D eigenvalue weighted by Gasteiger charge is 2.23. The fourth-order valence-corrected chi connectivity index (χ4v) is 3.58. The van der Waals surface area contributed by atoms with Crippen LogP contribution in [0.2, 0.25) is 5.02 Å². The van der Waals surface area contributed by atoms with Crippen molar-refractivity contribution in [2.45, 2.75) is 26.2 Å². The van der Waals surface area contributed by atoms with E-state index in [0.29, 0.717) is 21.2 Å². The Balaban J connectivity index is 1.84. The molecule has 0 aliphatic carbocycles. The quantitative estimate of drug-likeness (QED) is 0.897. The zero-order valence-electron chi connectivity index (χ0n) is 13.3. The van der Waals surface area contributed by atoms with E-state index < -0.39 is 0 Å². The summed E-state index contributed by atoms with van der Waals surface area (Å²) in [5, 5.41) is 4.20.